The van der Waals surface area contributed by atoms with Crippen molar-refractivity contribution in [3.63, 3.8) is 0 Å². The lowest BCUT2D eigenvalue weighted by atomic mass is 10.1. The highest BCUT2D eigenvalue weighted by atomic mass is 32.1. The van der Waals surface area contributed by atoms with Gasteiger partial charge in [-0.1, -0.05) is 0 Å². The summed E-state index contributed by atoms with van der Waals surface area (Å²) in [5, 5.41) is 15.6. The zero-order chi connectivity index (χ0) is 16.8. The first-order valence-corrected chi connectivity index (χ1v) is 9.20. The van der Waals surface area contributed by atoms with Crippen LogP contribution in [-0.4, -0.2) is 40.4 Å². The molecule has 2 aromatic heterocycles. The van der Waals surface area contributed by atoms with E-state index in [1.54, 1.807) is 18.4 Å². The van der Waals surface area contributed by atoms with Crippen LogP contribution >= 0.6 is 11.3 Å². The minimum Gasteiger partial charge on any atom is -0.377 e. The molecule has 2 aromatic rings. The summed E-state index contributed by atoms with van der Waals surface area (Å²) in [5.41, 5.74) is 1.24. The number of ether oxygens (including phenoxy) is 1. The zero-order valence-electron chi connectivity index (χ0n) is 14.2. The van der Waals surface area contributed by atoms with Gasteiger partial charge in [-0.25, -0.2) is 14.7 Å². The highest BCUT2D eigenvalue weighted by Crippen LogP contribution is 2.13. The fourth-order valence-electron chi connectivity index (χ4n) is 2.74. The Morgan fingerprint density at radius 1 is 1.54 bits per heavy atom. The number of aromatic nitrogens is 3. The van der Waals surface area contributed by atoms with Gasteiger partial charge in [-0.15, -0.1) is 0 Å². The predicted molar refractivity (Wildman–Crippen MR) is 95.1 cm³/mol. The van der Waals surface area contributed by atoms with E-state index in [-0.39, 0.29) is 0 Å². The van der Waals surface area contributed by atoms with Gasteiger partial charge >= 0.3 is 0 Å². The fraction of sp³-hybridized carbons (Fsp3) is 0.562. The lowest BCUT2D eigenvalue weighted by Gasteiger charge is -2.25. The van der Waals surface area contributed by atoms with Crippen LogP contribution in [0.2, 0.25) is 0 Å². The minimum absolute atomic E-state index is 0.301. The molecule has 0 saturated carbocycles. The van der Waals surface area contributed by atoms with Crippen LogP contribution in [-0.2, 0) is 30.9 Å². The van der Waals surface area contributed by atoms with Crippen LogP contribution in [0.15, 0.2) is 21.8 Å². The third kappa shape index (κ3) is 4.33. The number of rotatable bonds is 6. The molecule has 0 aliphatic carbocycles. The Kier molecular flexibility index (Phi) is 5.81. The number of aryl methyl sites for hydroxylation is 1. The molecule has 0 bridgehead atoms. The van der Waals surface area contributed by atoms with Gasteiger partial charge in [0.15, 0.2) is 11.8 Å². The molecule has 130 valence electrons. The summed E-state index contributed by atoms with van der Waals surface area (Å²) in [6.45, 7) is 4.87. The molecule has 3 heterocycles. The third-order valence-electron chi connectivity index (χ3n) is 3.86. The number of guanidine groups is 1. The monoisotopic (exact) mass is 348 g/mol. The molecule has 0 amide bonds. The second kappa shape index (κ2) is 8.25. The van der Waals surface area contributed by atoms with E-state index in [1.165, 1.54) is 5.56 Å². The Balaban J connectivity index is 1.61. The maximum Gasteiger partial charge on any atom is 0.191 e. The van der Waals surface area contributed by atoms with Crippen molar-refractivity contribution < 1.29 is 4.74 Å². The molecule has 0 spiro atoms. The van der Waals surface area contributed by atoms with Crippen molar-refractivity contribution in [2.75, 3.05) is 13.7 Å². The van der Waals surface area contributed by atoms with Gasteiger partial charge in [-0.2, -0.15) is 16.4 Å². The summed E-state index contributed by atoms with van der Waals surface area (Å²) in [4.78, 5) is 9.19. The highest BCUT2D eigenvalue weighted by Gasteiger charge is 2.22. The second-order valence-electron chi connectivity index (χ2n) is 5.77. The van der Waals surface area contributed by atoms with Crippen LogP contribution in [0, 0.1) is 0 Å². The number of hydrogen-bond donors (Lipinski definition) is 2. The Morgan fingerprint density at radius 3 is 3.21 bits per heavy atom. The zero-order valence-corrected chi connectivity index (χ0v) is 15.0. The van der Waals surface area contributed by atoms with E-state index < -0.39 is 0 Å². The summed E-state index contributed by atoms with van der Waals surface area (Å²) in [5.74, 6) is 2.65. The molecule has 0 radical (unpaired) electrons. The number of nitrogens with zero attached hydrogens (tertiary/aromatic N) is 4. The van der Waals surface area contributed by atoms with E-state index in [9.17, 15) is 0 Å². The number of hydrogen-bond acceptors (Lipinski definition) is 5. The Labute approximate surface area is 146 Å². The van der Waals surface area contributed by atoms with Gasteiger partial charge < -0.3 is 15.4 Å². The third-order valence-corrected chi connectivity index (χ3v) is 4.59. The van der Waals surface area contributed by atoms with E-state index >= 15 is 0 Å². The van der Waals surface area contributed by atoms with Crippen molar-refractivity contribution in [3.8, 4) is 0 Å². The molecule has 8 heteroatoms. The first-order valence-electron chi connectivity index (χ1n) is 8.26. The second-order valence-corrected chi connectivity index (χ2v) is 6.55. The Bertz CT molecular complexity index is 666. The van der Waals surface area contributed by atoms with E-state index in [0.29, 0.717) is 19.2 Å². The summed E-state index contributed by atoms with van der Waals surface area (Å²) >= 11 is 1.70. The molecule has 1 unspecified atom stereocenters. The molecule has 1 aliphatic heterocycles. The molecule has 0 aromatic carbocycles. The maximum atomic E-state index is 5.11. The lowest BCUT2D eigenvalue weighted by Crippen LogP contribution is -2.47. The largest absolute Gasteiger partial charge is 0.377 e. The summed E-state index contributed by atoms with van der Waals surface area (Å²) in [6.07, 6.45) is 1.94. The van der Waals surface area contributed by atoms with Crippen LogP contribution in [0.3, 0.4) is 0 Å². The minimum atomic E-state index is 0.301. The number of nitrogens with one attached hydrogen (secondary N) is 2. The van der Waals surface area contributed by atoms with Crippen LogP contribution in [0.5, 0.6) is 0 Å². The van der Waals surface area contributed by atoms with Gasteiger partial charge in [-0.3, -0.25) is 0 Å². The van der Waals surface area contributed by atoms with Crippen LogP contribution in [0.25, 0.3) is 0 Å². The SMILES string of the molecule is CCNC(=NCc1ccsc1)NC1CCc2nc(COC)nn2C1. The molecule has 2 N–H and O–H groups in total. The molecular weight excluding hydrogens is 324 g/mol. The van der Waals surface area contributed by atoms with E-state index in [0.717, 1.165) is 43.5 Å². The Morgan fingerprint density at radius 2 is 2.46 bits per heavy atom. The maximum absolute atomic E-state index is 5.11. The van der Waals surface area contributed by atoms with Crippen molar-refractivity contribution >= 4 is 17.3 Å². The van der Waals surface area contributed by atoms with Gasteiger partial charge in [0.25, 0.3) is 0 Å². The van der Waals surface area contributed by atoms with E-state index in [2.05, 4.69) is 49.5 Å². The van der Waals surface area contributed by atoms with E-state index in [1.807, 2.05) is 4.68 Å². The van der Waals surface area contributed by atoms with Gasteiger partial charge in [0, 0.05) is 26.1 Å². The van der Waals surface area contributed by atoms with Crippen molar-refractivity contribution in [3.05, 3.63) is 34.0 Å². The van der Waals surface area contributed by atoms with Gasteiger partial charge in [0.1, 0.15) is 12.4 Å². The molecule has 0 saturated heterocycles. The summed E-state index contributed by atoms with van der Waals surface area (Å²) in [6, 6.07) is 2.41. The topological polar surface area (TPSA) is 76.4 Å². The first kappa shape index (κ1) is 16.9. The summed E-state index contributed by atoms with van der Waals surface area (Å²) in [7, 11) is 1.66. The van der Waals surface area contributed by atoms with Gasteiger partial charge in [0.05, 0.1) is 13.1 Å². The van der Waals surface area contributed by atoms with Crippen LogP contribution in [0.1, 0.15) is 30.6 Å². The number of fused-ring (bicyclic) bond motifs is 1. The standard InChI is InChI=1S/C16H24N6OS/c1-3-17-16(18-8-12-6-7-24-11-12)19-13-4-5-15-20-14(10-23-2)21-22(15)9-13/h6-7,11,13H,3-5,8-10H2,1-2H3,(H2,17,18,19). The molecule has 3 rings (SSSR count). The molecule has 0 fully saturated rings. The fourth-order valence-corrected chi connectivity index (χ4v) is 3.39. The Hall–Kier alpha value is -1.93. The highest BCUT2D eigenvalue weighted by molar-refractivity contribution is 7.07. The van der Waals surface area contributed by atoms with Gasteiger partial charge in [0.2, 0.25) is 0 Å². The average Bonchev–Trinajstić information content (AvgIpc) is 3.21. The van der Waals surface area contributed by atoms with Crippen LogP contribution < -0.4 is 10.6 Å². The number of methoxy groups -OCH3 is 1. The molecule has 7 nitrogen and oxygen atoms in total. The van der Waals surface area contributed by atoms with Gasteiger partial charge in [-0.05, 0) is 35.7 Å². The smallest absolute Gasteiger partial charge is 0.191 e. The molecule has 1 aliphatic rings. The average molecular weight is 348 g/mol. The molecular formula is C16H24N6OS. The summed E-state index contributed by atoms with van der Waals surface area (Å²) < 4.78 is 7.10. The number of aliphatic imine (C=N–C) groups is 1. The van der Waals surface area contributed by atoms with Crippen molar-refractivity contribution in [2.24, 2.45) is 4.99 Å². The first-order chi connectivity index (χ1) is 11.8. The van der Waals surface area contributed by atoms with Crippen molar-refractivity contribution in [2.45, 2.75) is 45.5 Å². The van der Waals surface area contributed by atoms with E-state index in [4.69, 9.17) is 4.74 Å². The van der Waals surface area contributed by atoms with Crippen molar-refractivity contribution in [1.29, 1.82) is 0 Å². The van der Waals surface area contributed by atoms with Crippen LogP contribution in [0.4, 0.5) is 0 Å². The number of thiophene rings is 1. The lowest BCUT2D eigenvalue weighted by molar-refractivity contribution is 0.177. The quantitative estimate of drug-likeness (QED) is 0.612. The molecule has 24 heavy (non-hydrogen) atoms. The predicted octanol–water partition coefficient (Wildman–Crippen LogP) is 1.56. The molecule has 1 atom stereocenters. The van der Waals surface area contributed by atoms with Crippen molar-refractivity contribution in [1.82, 2.24) is 25.4 Å². The normalized spacial score (nSPS) is 17.6.